The number of para-hydroxylation sites is 1. The van der Waals surface area contributed by atoms with E-state index in [-0.39, 0.29) is 23.8 Å². The van der Waals surface area contributed by atoms with E-state index in [0.29, 0.717) is 21.6 Å². The molecule has 0 aliphatic rings. The smallest absolute Gasteiger partial charge is 0.289 e. The fraction of sp³-hybridized carbons (Fsp3) is 0.118. The molecule has 0 fully saturated rings. The lowest BCUT2D eigenvalue weighted by atomic mass is 10.2. The molecule has 0 aliphatic heterocycles. The minimum absolute atomic E-state index is 0.179. The van der Waals surface area contributed by atoms with Gasteiger partial charge in [0, 0.05) is 12.4 Å². The van der Waals surface area contributed by atoms with Crippen molar-refractivity contribution in [3.05, 3.63) is 62.1 Å². The van der Waals surface area contributed by atoms with E-state index in [9.17, 15) is 9.59 Å². The Morgan fingerprint density at radius 3 is 3.04 bits per heavy atom. The van der Waals surface area contributed by atoms with Gasteiger partial charge < -0.3 is 14.3 Å². The van der Waals surface area contributed by atoms with Gasteiger partial charge in [-0.3, -0.25) is 9.59 Å². The number of H-pyrrole nitrogens is 1. The van der Waals surface area contributed by atoms with Gasteiger partial charge in [-0.15, -0.1) is 11.3 Å². The Morgan fingerprint density at radius 1 is 1.40 bits per heavy atom. The lowest BCUT2D eigenvalue weighted by Gasteiger charge is -2.14. The Labute approximate surface area is 154 Å². The Morgan fingerprint density at radius 2 is 2.24 bits per heavy atom. The Balaban J connectivity index is 1.62. The fourth-order valence-corrected chi connectivity index (χ4v) is 3.80. The zero-order chi connectivity index (χ0) is 17.6. The van der Waals surface area contributed by atoms with E-state index >= 15 is 0 Å². The van der Waals surface area contributed by atoms with Gasteiger partial charge in [-0.1, -0.05) is 12.1 Å². The molecule has 6 nitrogen and oxygen atoms in total. The zero-order valence-corrected chi connectivity index (χ0v) is 15.5. The second kappa shape index (κ2) is 6.12. The number of rotatable bonds is 3. The Kier molecular flexibility index (Phi) is 3.93. The summed E-state index contributed by atoms with van der Waals surface area (Å²) >= 11 is 4.75. The summed E-state index contributed by atoms with van der Waals surface area (Å²) in [7, 11) is 1.64. The molecular formula is C17H12BrN3O3S. The summed E-state index contributed by atoms with van der Waals surface area (Å²) in [5.74, 6) is 0.392. The predicted octanol–water partition coefficient (Wildman–Crippen LogP) is 3.77. The van der Waals surface area contributed by atoms with E-state index in [1.807, 2.05) is 23.6 Å². The number of furan rings is 1. The highest BCUT2D eigenvalue weighted by Crippen LogP contribution is 2.27. The van der Waals surface area contributed by atoms with Crippen molar-refractivity contribution in [3.63, 3.8) is 0 Å². The number of aromatic nitrogens is 2. The monoisotopic (exact) mass is 417 g/mol. The number of fused-ring (bicyclic) bond motifs is 2. The zero-order valence-electron chi connectivity index (χ0n) is 13.1. The molecule has 0 radical (unpaired) electrons. The quantitative estimate of drug-likeness (QED) is 0.550. The molecular weight excluding hydrogens is 406 g/mol. The van der Waals surface area contributed by atoms with Gasteiger partial charge in [0.05, 0.1) is 16.5 Å². The molecule has 4 rings (SSSR count). The van der Waals surface area contributed by atoms with Crippen molar-refractivity contribution in [2.75, 3.05) is 7.05 Å². The number of nitrogens with zero attached hydrogens (tertiary/aromatic N) is 2. The molecule has 0 aliphatic carbocycles. The van der Waals surface area contributed by atoms with Crippen molar-refractivity contribution >= 4 is 54.4 Å². The van der Waals surface area contributed by atoms with E-state index < -0.39 is 0 Å². The van der Waals surface area contributed by atoms with Gasteiger partial charge in [0.15, 0.2) is 5.76 Å². The molecule has 0 saturated carbocycles. The summed E-state index contributed by atoms with van der Waals surface area (Å²) < 4.78 is 7.05. The van der Waals surface area contributed by atoms with E-state index in [1.54, 1.807) is 19.2 Å². The summed E-state index contributed by atoms with van der Waals surface area (Å²) in [4.78, 5) is 33.2. The van der Waals surface area contributed by atoms with Gasteiger partial charge in [0.1, 0.15) is 16.1 Å². The van der Waals surface area contributed by atoms with Gasteiger partial charge >= 0.3 is 0 Å². The average molecular weight is 418 g/mol. The number of nitrogens with one attached hydrogen (secondary N) is 1. The van der Waals surface area contributed by atoms with Crippen molar-refractivity contribution in [1.29, 1.82) is 0 Å². The first-order valence-corrected chi connectivity index (χ1v) is 9.10. The SMILES string of the molecule is CN(Cc1nc2ccsc2c(=O)[nH]1)C(=O)c1cc2cccc(Br)c2o1. The molecule has 0 atom stereocenters. The number of hydrogen-bond acceptors (Lipinski definition) is 5. The largest absolute Gasteiger partial charge is 0.450 e. The van der Waals surface area contributed by atoms with E-state index in [2.05, 4.69) is 25.9 Å². The molecule has 3 heterocycles. The minimum Gasteiger partial charge on any atom is -0.450 e. The fourth-order valence-electron chi connectivity index (χ4n) is 2.61. The van der Waals surface area contributed by atoms with Crippen LogP contribution in [0.2, 0.25) is 0 Å². The van der Waals surface area contributed by atoms with Crippen molar-refractivity contribution in [2.24, 2.45) is 0 Å². The highest BCUT2D eigenvalue weighted by molar-refractivity contribution is 9.10. The van der Waals surface area contributed by atoms with Crippen molar-refractivity contribution < 1.29 is 9.21 Å². The molecule has 3 aromatic heterocycles. The number of hydrogen-bond donors (Lipinski definition) is 1. The molecule has 4 aromatic rings. The highest BCUT2D eigenvalue weighted by atomic mass is 79.9. The van der Waals surface area contributed by atoms with E-state index in [1.165, 1.54) is 16.2 Å². The van der Waals surface area contributed by atoms with Crippen LogP contribution in [-0.4, -0.2) is 27.8 Å². The molecule has 0 saturated heterocycles. The minimum atomic E-state index is -0.281. The summed E-state index contributed by atoms with van der Waals surface area (Å²) in [6.07, 6.45) is 0. The number of carbonyl (C=O) groups is 1. The first-order chi connectivity index (χ1) is 12.0. The number of thiophene rings is 1. The van der Waals surface area contributed by atoms with Crippen LogP contribution in [0.25, 0.3) is 21.2 Å². The van der Waals surface area contributed by atoms with Gasteiger partial charge in [-0.2, -0.15) is 0 Å². The number of halogens is 1. The maximum absolute atomic E-state index is 12.6. The van der Waals surface area contributed by atoms with Crippen LogP contribution in [0.1, 0.15) is 16.4 Å². The van der Waals surface area contributed by atoms with Crippen LogP contribution in [0.15, 0.2) is 49.4 Å². The van der Waals surface area contributed by atoms with Crippen LogP contribution in [-0.2, 0) is 6.54 Å². The van der Waals surface area contributed by atoms with Crippen molar-refractivity contribution in [3.8, 4) is 0 Å². The summed E-state index contributed by atoms with van der Waals surface area (Å²) in [6, 6.07) is 9.11. The Hall–Kier alpha value is -2.45. The predicted molar refractivity (Wildman–Crippen MR) is 100.0 cm³/mol. The third kappa shape index (κ3) is 2.87. The maximum atomic E-state index is 12.6. The van der Waals surface area contributed by atoms with Gasteiger partial charge in [-0.25, -0.2) is 4.98 Å². The van der Waals surface area contributed by atoms with Crippen LogP contribution < -0.4 is 5.56 Å². The van der Waals surface area contributed by atoms with Crippen LogP contribution in [0.4, 0.5) is 0 Å². The normalized spacial score (nSPS) is 11.3. The lowest BCUT2D eigenvalue weighted by molar-refractivity contribution is 0.0752. The molecule has 1 aromatic carbocycles. The summed E-state index contributed by atoms with van der Waals surface area (Å²) in [6.45, 7) is 0.179. The molecule has 0 unspecified atom stereocenters. The first kappa shape index (κ1) is 16.0. The molecule has 0 bridgehead atoms. The van der Waals surface area contributed by atoms with Gasteiger partial charge in [0.25, 0.3) is 11.5 Å². The average Bonchev–Trinajstić information content (AvgIpc) is 3.21. The molecule has 1 amide bonds. The van der Waals surface area contributed by atoms with Crippen LogP contribution in [0, 0.1) is 0 Å². The lowest BCUT2D eigenvalue weighted by Crippen LogP contribution is -2.27. The van der Waals surface area contributed by atoms with Crippen molar-refractivity contribution in [1.82, 2.24) is 14.9 Å². The van der Waals surface area contributed by atoms with Crippen LogP contribution in [0.5, 0.6) is 0 Å². The molecule has 25 heavy (non-hydrogen) atoms. The summed E-state index contributed by atoms with van der Waals surface area (Å²) in [5, 5.41) is 2.66. The third-order valence-corrected chi connectivity index (χ3v) is 5.33. The molecule has 1 N–H and O–H groups in total. The van der Waals surface area contributed by atoms with Crippen molar-refractivity contribution in [2.45, 2.75) is 6.54 Å². The standard InChI is InChI=1S/C17H12BrN3O3S/c1-21(8-13-19-11-5-6-25-15(11)16(22)20-13)17(23)12-7-9-3-2-4-10(18)14(9)24-12/h2-7H,8H2,1H3,(H,19,20,22). The molecule has 0 spiro atoms. The molecule has 8 heteroatoms. The second-order valence-corrected chi connectivity index (χ2v) is 7.35. The number of benzene rings is 1. The number of aromatic amines is 1. The topological polar surface area (TPSA) is 79.2 Å². The first-order valence-electron chi connectivity index (χ1n) is 7.43. The number of carbonyl (C=O) groups excluding carboxylic acids is 1. The van der Waals surface area contributed by atoms with Gasteiger partial charge in [0.2, 0.25) is 0 Å². The maximum Gasteiger partial charge on any atom is 0.289 e. The summed E-state index contributed by atoms with van der Waals surface area (Å²) in [5.41, 5.74) is 1.08. The third-order valence-electron chi connectivity index (χ3n) is 3.80. The van der Waals surface area contributed by atoms with Crippen LogP contribution >= 0.6 is 27.3 Å². The van der Waals surface area contributed by atoms with Crippen LogP contribution in [0.3, 0.4) is 0 Å². The van der Waals surface area contributed by atoms with Gasteiger partial charge in [-0.05, 0) is 39.5 Å². The number of amides is 1. The highest BCUT2D eigenvalue weighted by Gasteiger charge is 2.19. The van der Waals surface area contributed by atoms with E-state index in [0.717, 1.165) is 9.86 Å². The Bertz CT molecular complexity index is 1160. The van der Waals surface area contributed by atoms with E-state index in [4.69, 9.17) is 4.42 Å². The molecule has 126 valence electrons. The second-order valence-electron chi connectivity index (χ2n) is 5.58.